The maximum Gasteiger partial charge on any atom is 0.252 e. The minimum absolute atomic E-state index is 0. The van der Waals surface area contributed by atoms with Crippen LogP contribution in [-0.4, -0.2) is 64.5 Å². The smallest absolute Gasteiger partial charge is 0.252 e. The topological polar surface area (TPSA) is 72.3 Å². The Hall–Kier alpha value is -2.48. The Labute approximate surface area is 189 Å². The van der Waals surface area contributed by atoms with Gasteiger partial charge in [0.05, 0.1) is 42.2 Å². The molecular formula is C23H30ClN5O2. The summed E-state index contributed by atoms with van der Waals surface area (Å²) < 4.78 is 7.33. The van der Waals surface area contributed by atoms with Gasteiger partial charge in [-0.15, -0.1) is 12.4 Å². The van der Waals surface area contributed by atoms with Gasteiger partial charge in [0.15, 0.2) is 0 Å². The molecule has 1 unspecified atom stereocenters. The number of morpholine rings is 1. The van der Waals surface area contributed by atoms with Gasteiger partial charge >= 0.3 is 0 Å². The lowest BCUT2D eigenvalue weighted by Crippen LogP contribution is -2.46. The van der Waals surface area contributed by atoms with Crippen LogP contribution in [0, 0.1) is 13.8 Å². The number of carbonyl (C=O) groups excluding carboxylic acids is 1. The highest BCUT2D eigenvalue weighted by atomic mass is 35.5. The normalized spacial score (nSPS) is 15.5. The first-order chi connectivity index (χ1) is 14.5. The zero-order valence-electron chi connectivity index (χ0n) is 18.3. The van der Waals surface area contributed by atoms with Gasteiger partial charge in [-0.25, -0.2) is 0 Å². The molecule has 1 atom stereocenters. The lowest BCUT2D eigenvalue weighted by molar-refractivity contribution is 0.0342. The van der Waals surface area contributed by atoms with Crippen LogP contribution in [0.3, 0.4) is 0 Å². The third kappa shape index (κ3) is 5.61. The van der Waals surface area contributed by atoms with Crippen LogP contribution in [0.1, 0.15) is 34.4 Å². The number of aromatic nitrogens is 3. The SMILES string of the molecule is Cc1cc(C)n(Cc2cc(C(=O)NC(C)CN3CCOCC3)c3ccccc3n2)n1.Cl. The summed E-state index contributed by atoms with van der Waals surface area (Å²) in [6.07, 6.45) is 0. The van der Waals surface area contributed by atoms with Crippen molar-refractivity contribution in [3.63, 3.8) is 0 Å². The largest absolute Gasteiger partial charge is 0.379 e. The van der Waals surface area contributed by atoms with Crippen molar-refractivity contribution in [3.05, 3.63) is 59.0 Å². The highest BCUT2D eigenvalue weighted by Crippen LogP contribution is 2.20. The van der Waals surface area contributed by atoms with E-state index in [9.17, 15) is 4.79 Å². The maximum atomic E-state index is 13.2. The number of para-hydroxylation sites is 1. The molecular weight excluding hydrogens is 414 g/mol. The Bertz CT molecular complexity index is 1050. The third-order valence-corrected chi connectivity index (χ3v) is 5.44. The first-order valence-corrected chi connectivity index (χ1v) is 10.5. The van der Waals surface area contributed by atoms with E-state index < -0.39 is 0 Å². The van der Waals surface area contributed by atoms with Crippen molar-refractivity contribution < 1.29 is 9.53 Å². The number of aryl methyl sites for hydroxylation is 2. The Balaban J connectivity index is 0.00000272. The summed E-state index contributed by atoms with van der Waals surface area (Å²) in [5.41, 5.74) is 4.36. The number of pyridine rings is 1. The Morgan fingerprint density at radius 3 is 2.65 bits per heavy atom. The van der Waals surface area contributed by atoms with Crippen LogP contribution in [-0.2, 0) is 11.3 Å². The first kappa shape index (κ1) is 23.2. The summed E-state index contributed by atoms with van der Waals surface area (Å²) in [7, 11) is 0. The average Bonchev–Trinajstić information content (AvgIpc) is 3.04. The van der Waals surface area contributed by atoms with Crippen LogP contribution >= 0.6 is 12.4 Å². The van der Waals surface area contributed by atoms with E-state index in [2.05, 4.69) is 15.3 Å². The predicted molar refractivity (Wildman–Crippen MR) is 124 cm³/mol. The predicted octanol–water partition coefficient (Wildman–Crippen LogP) is 2.97. The molecule has 31 heavy (non-hydrogen) atoms. The van der Waals surface area contributed by atoms with Crippen LogP contribution in [0.2, 0.25) is 0 Å². The number of hydrogen-bond acceptors (Lipinski definition) is 5. The summed E-state index contributed by atoms with van der Waals surface area (Å²) in [6, 6.07) is 11.8. The second-order valence-corrected chi connectivity index (χ2v) is 8.05. The number of amides is 1. The van der Waals surface area contributed by atoms with Crippen LogP contribution in [0.25, 0.3) is 10.9 Å². The van der Waals surface area contributed by atoms with E-state index in [1.165, 1.54) is 0 Å². The van der Waals surface area contributed by atoms with Crippen molar-refractivity contribution in [2.75, 3.05) is 32.8 Å². The number of benzene rings is 1. The molecule has 1 aliphatic rings. The zero-order valence-corrected chi connectivity index (χ0v) is 19.1. The Morgan fingerprint density at radius 2 is 1.94 bits per heavy atom. The number of nitrogens with zero attached hydrogens (tertiary/aromatic N) is 4. The quantitative estimate of drug-likeness (QED) is 0.634. The summed E-state index contributed by atoms with van der Waals surface area (Å²) >= 11 is 0. The van der Waals surface area contributed by atoms with Crippen molar-refractivity contribution >= 4 is 29.2 Å². The number of carbonyl (C=O) groups is 1. The molecule has 166 valence electrons. The lowest BCUT2D eigenvalue weighted by Gasteiger charge is -2.29. The lowest BCUT2D eigenvalue weighted by atomic mass is 10.1. The molecule has 0 saturated carbocycles. The van der Waals surface area contributed by atoms with Gasteiger partial charge < -0.3 is 10.1 Å². The molecule has 0 radical (unpaired) electrons. The summed E-state index contributed by atoms with van der Waals surface area (Å²) in [5, 5.41) is 8.57. The number of ether oxygens (including phenoxy) is 1. The fourth-order valence-corrected chi connectivity index (χ4v) is 4.01. The van der Waals surface area contributed by atoms with Crippen LogP contribution in [0.5, 0.6) is 0 Å². The van der Waals surface area contributed by atoms with Gasteiger partial charge in [-0.05, 0) is 39.0 Å². The standard InChI is InChI=1S/C23H29N5O2.ClH/c1-16-12-18(3)28(26-16)15-19-13-21(20-6-4-5-7-22(20)25-19)23(29)24-17(2)14-27-8-10-30-11-9-27;/h4-7,12-13,17H,8-11,14-15H2,1-3H3,(H,24,29);1H. The number of fused-ring (bicyclic) bond motifs is 1. The molecule has 3 heterocycles. The van der Waals surface area contributed by atoms with Gasteiger partial charge in [0, 0.05) is 36.8 Å². The third-order valence-electron chi connectivity index (χ3n) is 5.44. The van der Waals surface area contributed by atoms with E-state index in [-0.39, 0.29) is 24.4 Å². The molecule has 0 bridgehead atoms. The molecule has 0 spiro atoms. The highest BCUT2D eigenvalue weighted by molar-refractivity contribution is 6.06. The van der Waals surface area contributed by atoms with Crippen molar-refractivity contribution in [2.24, 2.45) is 0 Å². The average molecular weight is 444 g/mol. The zero-order chi connectivity index (χ0) is 21.1. The van der Waals surface area contributed by atoms with Crippen LogP contribution in [0.4, 0.5) is 0 Å². The number of halogens is 1. The van der Waals surface area contributed by atoms with Gasteiger partial charge in [0.2, 0.25) is 0 Å². The number of rotatable bonds is 6. The Kier molecular flexibility index (Phi) is 7.64. The monoisotopic (exact) mass is 443 g/mol. The molecule has 1 aliphatic heterocycles. The first-order valence-electron chi connectivity index (χ1n) is 10.5. The van der Waals surface area contributed by atoms with E-state index in [0.29, 0.717) is 12.1 Å². The van der Waals surface area contributed by atoms with Gasteiger partial charge in [-0.1, -0.05) is 18.2 Å². The minimum atomic E-state index is -0.0658. The molecule has 0 aliphatic carbocycles. The minimum Gasteiger partial charge on any atom is -0.379 e. The molecule has 1 amide bonds. The molecule has 2 aromatic heterocycles. The van der Waals surface area contributed by atoms with Crippen LogP contribution < -0.4 is 5.32 Å². The van der Waals surface area contributed by atoms with E-state index in [1.807, 2.05) is 61.9 Å². The Morgan fingerprint density at radius 1 is 1.19 bits per heavy atom. The second-order valence-electron chi connectivity index (χ2n) is 8.05. The van der Waals surface area contributed by atoms with Crippen molar-refractivity contribution in [3.8, 4) is 0 Å². The van der Waals surface area contributed by atoms with Crippen LogP contribution in [0.15, 0.2) is 36.4 Å². The summed E-state index contributed by atoms with van der Waals surface area (Å²) in [6.45, 7) is 10.7. The molecule has 1 N–H and O–H groups in total. The summed E-state index contributed by atoms with van der Waals surface area (Å²) in [5.74, 6) is -0.0658. The maximum absolute atomic E-state index is 13.2. The molecule has 4 rings (SSSR count). The fourth-order valence-electron chi connectivity index (χ4n) is 4.01. The highest BCUT2D eigenvalue weighted by Gasteiger charge is 2.18. The molecule has 3 aromatic rings. The molecule has 1 saturated heterocycles. The molecule has 7 nitrogen and oxygen atoms in total. The van der Waals surface area contributed by atoms with E-state index in [0.717, 1.165) is 60.8 Å². The van der Waals surface area contributed by atoms with Crippen molar-refractivity contribution in [1.82, 2.24) is 25.0 Å². The van der Waals surface area contributed by atoms with E-state index in [1.54, 1.807) is 0 Å². The van der Waals surface area contributed by atoms with Gasteiger partial charge in [-0.3, -0.25) is 19.4 Å². The van der Waals surface area contributed by atoms with Gasteiger partial charge in [0.1, 0.15) is 0 Å². The second kappa shape index (κ2) is 10.2. The molecule has 1 fully saturated rings. The number of nitrogens with one attached hydrogen (secondary N) is 1. The molecule has 8 heteroatoms. The summed E-state index contributed by atoms with van der Waals surface area (Å²) in [4.78, 5) is 20.3. The van der Waals surface area contributed by atoms with Crippen molar-refractivity contribution in [2.45, 2.75) is 33.4 Å². The van der Waals surface area contributed by atoms with E-state index in [4.69, 9.17) is 9.72 Å². The number of hydrogen-bond donors (Lipinski definition) is 1. The van der Waals surface area contributed by atoms with Crippen molar-refractivity contribution in [1.29, 1.82) is 0 Å². The van der Waals surface area contributed by atoms with E-state index >= 15 is 0 Å². The van der Waals surface area contributed by atoms with Gasteiger partial charge in [-0.2, -0.15) is 5.10 Å². The molecule has 1 aromatic carbocycles. The van der Waals surface area contributed by atoms with Gasteiger partial charge in [0.25, 0.3) is 5.91 Å². The fraction of sp³-hybridized carbons (Fsp3) is 0.435.